The highest BCUT2D eigenvalue weighted by Gasteiger charge is 2.39. The summed E-state index contributed by atoms with van der Waals surface area (Å²) in [5.41, 5.74) is 1.05. The van der Waals surface area contributed by atoms with Gasteiger partial charge < -0.3 is 14.5 Å². The van der Waals surface area contributed by atoms with Crippen LogP contribution in [0.2, 0.25) is 0 Å². The van der Waals surface area contributed by atoms with Crippen molar-refractivity contribution in [1.29, 1.82) is 0 Å². The van der Waals surface area contributed by atoms with E-state index in [1.165, 1.54) is 0 Å². The average molecular weight is 352 g/mol. The number of nitrogens with one attached hydrogen (secondary N) is 1. The summed E-state index contributed by atoms with van der Waals surface area (Å²) in [4.78, 5) is 37.4. The molecule has 0 bridgehead atoms. The molecule has 1 rings (SSSR count). The first-order chi connectivity index (χ1) is 11.3. The van der Waals surface area contributed by atoms with E-state index < -0.39 is 23.0 Å². The lowest BCUT2D eigenvalue weighted by Crippen LogP contribution is -2.38. The van der Waals surface area contributed by atoms with Crippen molar-refractivity contribution in [3.63, 3.8) is 0 Å². The Morgan fingerprint density at radius 2 is 1.80 bits per heavy atom. The lowest BCUT2D eigenvalue weighted by molar-refractivity contribution is -0.540. The van der Waals surface area contributed by atoms with Gasteiger partial charge in [-0.2, -0.15) is 0 Å². The summed E-state index contributed by atoms with van der Waals surface area (Å²) in [6.07, 6.45) is 0.912. The van der Waals surface area contributed by atoms with Crippen molar-refractivity contribution < 1.29 is 19.2 Å². The number of H-pyrrole nitrogens is 1. The fourth-order valence-corrected chi connectivity index (χ4v) is 2.67. The minimum Gasteiger partial charge on any atom is -0.455 e. The topological polar surface area (TPSA) is 102 Å². The predicted molar refractivity (Wildman–Crippen MR) is 94.4 cm³/mol. The third-order valence-electron chi connectivity index (χ3n) is 4.43. The number of carbonyl (C=O) groups is 2. The number of hydrogen-bond donors (Lipinski definition) is 1. The number of aldehydes is 1. The predicted octanol–water partition coefficient (Wildman–Crippen LogP) is 3.39. The Bertz CT molecular complexity index is 668. The van der Waals surface area contributed by atoms with Crippen molar-refractivity contribution in [3.05, 3.63) is 32.6 Å². The molecule has 1 heterocycles. The molecule has 0 spiro atoms. The molecule has 0 saturated carbocycles. The fraction of sp³-hybridized carbons (Fsp3) is 0.667. The van der Waals surface area contributed by atoms with Gasteiger partial charge in [-0.05, 0) is 45.7 Å². The second-order valence-corrected chi connectivity index (χ2v) is 8.10. The summed E-state index contributed by atoms with van der Waals surface area (Å²) in [7, 11) is 0. The van der Waals surface area contributed by atoms with Crippen LogP contribution in [0.5, 0.6) is 0 Å². The molecule has 0 amide bonds. The zero-order chi connectivity index (χ0) is 19.6. The Morgan fingerprint density at radius 1 is 1.24 bits per heavy atom. The third-order valence-corrected chi connectivity index (χ3v) is 4.43. The molecule has 0 fully saturated rings. The van der Waals surface area contributed by atoms with E-state index in [0.717, 1.165) is 11.1 Å². The minimum absolute atomic E-state index is 0.0936. The van der Waals surface area contributed by atoms with Gasteiger partial charge in [-0.25, -0.2) is 4.79 Å². The van der Waals surface area contributed by atoms with Gasteiger partial charge in [0.25, 0.3) is 0 Å². The van der Waals surface area contributed by atoms with Crippen molar-refractivity contribution in [3.8, 4) is 0 Å². The molecule has 0 aliphatic heterocycles. The van der Waals surface area contributed by atoms with Gasteiger partial charge in [0.15, 0.2) is 0 Å². The zero-order valence-electron chi connectivity index (χ0n) is 16.1. The number of aromatic amines is 1. The van der Waals surface area contributed by atoms with Gasteiger partial charge in [-0.3, -0.25) is 10.1 Å². The SMILES string of the molecule is Cc1c(CC([N+](=O)[O-])C(C)(C)CC=O)[nH]c(C(=O)OC(C)(C)C)c1C. The van der Waals surface area contributed by atoms with Gasteiger partial charge in [0, 0.05) is 22.5 Å². The number of nitrogens with zero attached hydrogens (tertiary/aromatic N) is 1. The van der Waals surface area contributed by atoms with E-state index in [0.29, 0.717) is 17.7 Å². The molecule has 1 aromatic heterocycles. The molecule has 140 valence electrons. The van der Waals surface area contributed by atoms with Crippen molar-refractivity contribution >= 4 is 12.3 Å². The normalized spacial score (nSPS) is 13.4. The maximum Gasteiger partial charge on any atom is 0.355 e. The molecule has 7 heteroatoms. The molecule has 1 atom stereocenters. The smallest absolute Gasteiger partial charge is 0.355 e. The largest absolute Gasteiger partial charge is 0.455 e. The molecule has 0 saturated heterocycles. The van der Waals surface area contributed by atoms with Crippen molar-refractivity contribution in [2.45, 2.75) is 73.0 Å². The van der Waals surface area contributed by atoms with E-state index in [2.05, 4.69) is 4.98 Å². The van der Waals surface area contributed by atoms with Crippen LogP contribution in [0.25, 0.3) is 0 Å². The molecule has 1 unspecified atom stereocenters. The van der Waals surface area contributed by atoms with E-state index in [4.69, 9.17) is 4.74 Å². The standard InChI is InChI=1S/C18H28N2O5/c1-11-12(2)15(16(22)25-17(3,4)5)19-13(11)10-14(20(23)24)18(6,7)8-9-21/h9,14,19H,8,10H2,1-7H3. The quantitative estimate of drug-likeness (QED) is 0.351. The minimum atomic E-state index is -0.944. The summed E-state index contributed by atoms with van der Waals surface area (Å²) in [6, 6.07) is -0.944. The van der Waals surface area contributed by atoms with E-state index in [1.807, 2.05) is 6.92 Å². The van der Waals surface area contributed by atoms with E-state index in [1.54, 1.807) is 41.5 Å². The van der Waals surface area contributed by atoms with Crippen LogP contribution >= 0.6 is 0 Å². The Morgan fingerprint density at radius 3 is 2.24 bits per heavy atom. The van der Waals surface area contributed by atoms with Gasteiger partial charge >= 0.3 is 5.97 Å². The van der Waals surface area contributed by atoms with E-state index >= 15 is 0 Å². The Kier molecular flexibility index (Phi) is 6.15. The van der Waals surface area contributed by atoms with Gasteiger partial charge in [0.1, 0.15) is 17.6 Å². The van der Waals surface area contributed by atoms with Gasteiger partial charge in [0.2, 0.25) is 6.04 Å². The highest BCUT2D eigenvalue weighted by molar-refractivity contribution is 5.90. The Labute approximate surface area is 148 Å². The first kappa shape index (κ1) is 20.9. The summed E-state index contributed by atoms with van der Waals surface area (Å²) in [5.74, 6) is -0.482. The first-order valence-electron chi connectivity index (χ1n) is 8.28. The molecule has 0 aromatic carbocycles. The maximum absolute atomic E-state index is 12.3. The molecule has 7 nitrogen and oxygen atoms in total. The van der Waals surface area contributed by atoms with Crippen LogP contribution < -0.4 is 0 Å². The Hall–Kier alpha value is -2.18. The second-order valence-electron chi connectivity index (χ2n) is 8.10. The van der Waals surface area contributed by atoms with Crippen LogP contribution in [0.3, 0.4) is 0 Å². The van der Waals surface area contributed by atoms with Crippen molar-refractivity contribution in [2.75, 3.05) is 0 Å². The van der Waals surface area contributed by atoms with E-state index in [-0.39, 0.29) is 17.8 Å². The van der Waals surface area contributed by atoms with Gasteiger partial charge in [-0.1, -0.05) is 13.8 Å². The molecule has 0 radical (unpaired) electrons. The lowest BCUT2D eigenvalue weighted by atomic mass is 9.79. The van der Waals surface area contributed by atoms with Crippen LogP contribution in [0.15, 0.2) is 0 Å². The van der Waals surface area contributed by atoms with Gasteiger partial charge in [0.05, 0.1) is 6.42 Å². The first-order valence-corrected chi connectivity index (χ1v) is 8.28. The number of nitro groups is 1. The number of aromatic nitrogens is 1. The highest BCUT2D eigenvalue weighted by atomic mass is 16.6. The van der Waals surface area contributed by atoms with Crippen LogP contribution in [0, 0.1) is 29.4 Å². The zero-order valence-corrected chi connectivity index (χ0v) is 16.1. The number of ether oxygens (including phenoxy) is 1. The number of esters is 1. The molecular weight excluding hydrogens is 324 g/mol. The number of carbonyl (C=O) groups excluding carboxylic acids is 2. The molecule has 25 heavy (non-hydrogen) atoms. The van der Waals surface area contributed by atoms with Crippen molar-refractivity contribution in [2.24, 2.45) is 5.41 Å². The maximum atomic E-state index is 12.3. The molecule has 1 N–H and O–H groups in total. The van der Waals surface area contributed by atoms with Crippen LogP contribution in [-0.2, 0) is 16.0 Å². The van der Waals surface area contributed by atoms with E-state index in [9.17, 15) is 19.7 Å². The number of rotatable bonds is 7. The Balaban J connectivity index is 3.18. The molecule has 1 aromatic rings. The monoisotopic (exact) mass is 352 g/mol. The van der Waals surface area contributed by atoms with Crippen LogP contribution in [0.1, 0.15) is 68.3 Å². The fourth-order valence-electron chi connectivity index (χ4n) is 2.67. The van der Waals surface area contributed by atoms with Crippen molar-refractivity contribution in [1.82, 2.24) is 4.98 Å². The van der Waals surface area contributed by atoms with Crippen LogP contribution in [-0.4, -0.2) is 33.8 Å². The van der Waals surface area contributed by atoms with Crippen LogP contribution in [0.4, 0.5) is 0 Å². The molecule has 0 aliphatic rings. The highest BCUT2D eigenvalue weighted by Crippen LogP contribution is 2.30. The molecular formula is C18H28N2O5. The summed E-state index contributed by atoms with van der Waals surface area (Å²) in [5, 5.41) is 11.5. The average Bonchev–Trinajstić information content (AvgIpc) is 2.70. The molecule has 0 aliphatic carbocycles. The summed E-state index contributed by atoms with van der Waals surface area (Å²) >= 11 is 0. The summed E-state index contributed by atoms with van der Waals surface area (Å²) in [6.45, 7) is 12.3. The second kappa shape index (κ2) is 7.37. The summed E-state index contributed by atoms with van der Waals surface area (Å²) < 4.78 is 5.38. The number of hydrogen-bond acceptors (Lipinski definition) is 5. The third kappa shape index (κ3) is 5.14. The van der Waals surface area contributed by atoms with Gasteiger partial charge in [-0.15, -0.1) is 0 Å². The lowest BCUT2D eigenvalue weighted by Gasteiger charge is -2.25.